The number of hydrogen-bond donors (Lipinski definition) is 2. The Hall–Kier alpha value is -5.01. The summed E-state index contributed by atoms with van der Waals surface area (Å²) in [5.41, 5.74) is 0.954. The Morgan fingerprint density at radius 1 is 1.06 bits per heavy atom. The first-order valence-electron chi connectivity index (χ1n) is 15.6. The van der Waals surface area contributed by atoms with E-state index in [4.69, 9.17) is 9.72 Å². The summed E-state index contributed by atoms with van der Waals surface area (Å²) in [5.74, 6) is 0.664. The zero-order chi connectivity index (χ0) is 33.7. The summed E-state index contributed by atoms with van der Waals surface area (Å²) in [5, 5.41) is 15.2. The molecule has 0 amide bonds. The number of ether oxygens (including phenoxy) is 1. The van der Waals surface area contributed by atoms with Crippen LogP contribution in [-0.2, 0) is 16.9 Å². The zero-order valence-electron chi connectivity index (χ0n) is 27.7. The maximum absolute atomic E-state index is 13.5. The van der Waals surface area contributed by atoms with Crippen molar-refractivity contribution in [3.05, 3.63) is 77.5 Å². The molecule has 13 nitrogen and oxygen atoms in total. The predicted octanol–water partition coefficient (Wildman–Crippen LogP) is 4.62. The van der Waals surface area contributed by atoms with Crippen LogP contribution in [0.25, 0.3) is 27.8 Å². The molecule has 6 rings (SSSR count). The molecule has 2 N–H and O–H groups in total. The van der Waals surface area contributed by atoms with Crippen LogP contribution in [0.2, 0.25) is 0 Å². The molecule has 1 fully saturated rings. The van der Waals surface area contributed by atoms with E-state index in [1.165, 1.54) is 15.4 Å². The maximum Gasteiger partial charge on any atom is 0.418 e. The topological polar surface area (TPSA) is 136 Å². The van der Waals surface area contributed by atoms with Gasteiger partial charge in [0.1, 0.15) is 16.6 Å². The summed E-state index contributed by atoms with van der Waals surface area (Å²) >= 11 is 0. The van der Waals surface area contributed by atoms with E-state index in [0.29, 0.717) is 33.7 Å². The zero-order valence-corrected chi connectivity index (χ0v) is 27.7. The van der Waals surface area contributed by atoms with E-state index in [-0.39, 0.29) is 18.1 Å². The van der Waals surface area contributed by atoms with Crippen molar-refractivity contribution in [1.29, 1.82) is 0 Å². The highest BCUT2D eigenvalue weighted by atomic mass is 16.6. The van der Waals surface area contributed by atoms with Crippen molar-refractivity contribution in [3.8, 4) is 5.82 Å². The number of pyridine rings is 1. The number of nitrogens with zero attached hydrogens (tertiary/aromatic N) is 8. The van der Waals surface area contributed by atoms with Crippen molar-refractivity contribution in [2.75, 3.05) is 43.4 Å². The minimum absolute atomic E-state index is 0.207. The molecule has 246 valence electrons. The Morgan fingerprint density at radius 3 is 2.49 bits per heavy atom. The first kappa shape index (κ1) is 32.0. The predicted molar refractivity (Wildman–Crippen MR) is 183 cm³/mol. The summed E-state index contributed by atoms with van der Waals surface area (Å²) in [6.07, 6.45) is 4.38. The van der Waals surface area contributed by atoms with E-state index in [1.807, 2.05) is 39.0 Å². The number of aromatic nitrogens is 6. The second kappa shape index (κ2) is 12.0. The Bertz CT molecular complexity index is 2040. The number of likely N-dealkylation sites (N-methyl/N-ethyl adjacent to an activating group) is 1. The second-order valence-corrected chi connectivity index (χ2v) is 13.4. The number of piperazine rings is 1. The molecule has 4 aromatic heterocycles. The first-order valence-corrected chi connectivity index (χ1v) is 15.6. The molecule has 0 unspecified atom stereocenters. The number of nitrogens with one attached hydrogen (secondary N) is 1. The number of allylic oxidation sites excluding steroid dienone is 1. The molecule has 0 radical (unpaired) electrons. The van der Waals surface area contributed by atoms with E-state index in [1.54, 1.807) is 49.0 Å². The molecule has 0 aliphatic carbocycles. The lowest BCUT2D eigenvalue weighted by molar-refractivity contribution is 0.0544. The van der Waals surface area contributed by atoms with Crippen LogP contribution in [0.4, 0.5) is 22.1 Å². The van der Waals surface area contributed by atoms with Gasteiger partial charge < -0.3 is 25.0 Å². The van der Waals surface area contributed by atoms with Gasteiger partial charge in [0.25, 0.3) is 5.56 Å². The molecular formula is C34H41N9O4. The Morgan fingerprint density at radius 2 is 1.81 bits per heavy atom. The Labute approximate surface area is 272 Å². The third-order valence-corrected chi connectivity index (χ3v) is 8.03. The third-order valence-electron chi connectivity index (χ3n) is 8.03. The van der Waals surface area contributed by atoms with Crippen molar-refractivity contribution in [2.24, 2.45) is 0 Å². The van der Waals surface area contributed by atoms with Gasteiger partial charge in [-0.05, 0) is 72.0 Å². The van der Waals surface area contributed by atoms with Crippen molar-refractivity contribution < 1.29 is 14.6 Å². The highest BCUT2D eigenvalue weighted by molar-refractivity contribution is 6.00. The van der Waals surface area contributed by atoms with Crippen molar-refractivity contribution in [2.45, 2.75) is 52.4 Å². The first-order chi connectivity index (χ1) is 22.2. The lowest BCUT2D eigenvalue weighted by Crippen LogP contribution is -2.44. The highest BCUT2D eigenvalue weighted by Crippen LogP contribution is 2.34. The standard InChI is InChI=1S/C34H41N9O4/c1-8-13-42-30(44)24-21-35-31(38-29(24)43(42)28-11-9-10-27(37-28)34(5,6)46)36-22-19-25(40-17-15-39(7)16-18-40)23-12-14-41(26(23)20-22)32(45)47-33(2,3)4/h8-12,14,19-21,46H,1,13,15-18H2,2-7H3,(H,35,36,38). The molecule has 1 aliphatic rings. The molecule has 1 aromatic carbocycles. The second-order valence-electron chi connectivity index (χ2n) is 13.4. The minimum atomic E-state index is -1.19. The van der Waals surface area contributed by atoms with E-state index in [0.717, 1.165) is 37.3 Å². The molecule has 1 saturated heterocycles. The van der Waals surface area contributed by atoms with Crippen LogP contribution < -0.4 is 15.8 Å². The van der Waals surface area contributed by atoms with Gasteiger partial charge in [-0.25, -0.2) is 24.1 Å². The molecule has 0 bridgehead atoms. The molecular weight excluding hydrogens is 598 g/mol. The minimum Gasteiger partial charge on any atom is -0.443 e. The molecule has 5 aromatic rings. The fourth-order valence-electron chi connectivity index (χ4n) is 5.69. The van der Waals surface area contributed by atoms with Crippen LogP contribution in [0, 0.1) is 0 Å². The van der Waals surface area contributed by atoms with E-state index >= 15 is 0 Å². The fraction of sp³-hybridized carbons (Fsp3) is 0.382. The normalized spacial score (nSPS) is 14.6. The largest absolute Gasteiger partial charge is 0.443 e. The molecule has 13 heteroatoms. The van der Waals surface area contributed by atoms with Gasteiger partial charge in [0.15, 0.2) is 11.5 Å². The van der Waals surface area contributed by atoms with E-state index < -0.39 is 17.3 Å². The molecule has 0 spiro atoms. The van der Waals surface area contributed by atoms with Gasteiger partial charge in [0, 0.05) is 55.3 Å². The number of benzene rings is 1. The van der Waals surface area contributed by atoms with Crippen molar-refractivity contribution in [3.63, 3.8) is 0 Å². The van der Waals surface area contributed by atoms with Crippen LogP contribution in [-0.4, -0.2) is 83.8 Å². The number of hydrogen-bond acceptors (Lipinski definition) is 10. The Kier molecular flexibility index (Phi) is 8.14. The van der Waals surface area contributed by atoms with Crippen LogP contribution in [0.5, 0.6) is 0 Å². The van der Waals surface area contributed by atoms with Gasteiger partial charge in [0.05, 0.1) is 17.8 Å². The van der Waals surface area contributed by atoms with Gasteiger partial charge in [-0.3, -0.25) is 9.36 Å². The SMILES string of the molecule is C=CCn1c(=O)c2cnc(Nc3cc(N4CCN(C)CC4)c4ccn(C(=O)OC(C)(C)C)c4c3)nc2n1-c1cccc(C(C)(C)O)n1. The number of anilines is 3. The molecule has 5 heterocycles. The maximum atomic E-state index is 13.5. The van der Waals surface area contributed by atoms with Crippen LogP contribution in [0.15, 0.2) is 66.2 Å². The number of rotatable bonds is 7. The average Bonchev–Trinajstić information content (AvgIpc) is 3.55. The van der Waals surface area contributed by atoms with E-state index in [2.05, 4.69) is 38.7 Å². The van der Waals surface area contributed by atoms with Crippen LogP contribution >= 0.6 is 0 Å². The average molecular weight is 640 g/mol. The molecule has 0 saturated carbocycles. The smallest absolute Gasteiger partial charge is 0.418 e. The summed E-state index contributed by atoms with van der Waals surface area (Å²) in [6, 6.07) is 11.1. The van der Waals surface area contributed by atoms with Crippen LogP contribution in [0.3, 0.4) is 0 Å². The molecule has 0 atom stereocenters. The number of fused-ring (bicyclic) bond motifs is 2. The van der Waals surface area contributed by atoms with Gasteiger partial charge in [-0.15, -0.1) is 6.58 Å². The summed E-state index contributed by atoms with van der Waals surface area (Å²) in [7, 11) is 2.11. The lowest BCUT2D eigenvalue weighted by atomic mass is 10.1. The van der Waals surface area contributed by atoms with Crippen molar-refractivity contribution in [1.82, 2.24) is 33.8 Å². The highest BCUT2D eigenvalue weighted by Gasteiger charge is 2.25. The number of carbonyl (C=O) groups excluding carboxylic acids is 1. The summed E-state index contributed by atoms with van der Waals surface area (Å²) in [6.45, 7) is 16.3. The fourth-order valence-corrected chi connectivity index (χ4v) is 5.69. The van der Waals surface area contributed by atoms with Gasteiger partial charge >= 0.3 is 6.09 Å². The Balaban J connectivity index is 1.47. The van der Waals surface area contributed by atoms with Gasteiger partial charge in [-0.1, -0.05) is 12.1 Å². The lowest BCUT2D eigenvalue weighted by Gasteiger charge is -2.34. The third kappa shape index (κ3) is 6.36. The van der Waals surface area contributed by atoms with Crippen LogP contribution in [0.1, 0.15) is 40.3 Å². The monoisotopic (exact) mass is 639 g/mol. The van der Waals surface area contributed by atoms with E-state index in [9.17, 15) is 14.7 Å². The molecule has 47 heavy (non-hydrogen) atoms. The number of carbonyl (C=O) groups is 1. The van der Waals surface area contributed by atoms with Gasteiger partial charge in [0.2, 0.25) is 5.95 Å². The summed E-state index contributed by atoms with van der Waals surface area (Å²) < 4.78 is 10.3. The summed E-state index contributed by atoms with van der Waals surface area (Å²) in [4.78, 5) is 45.3. The number of aliphatic hydroxyl groups is 1. The van der Waals surface area contributed by atoms with Crippen molar-refractivity contribution >= 4 is 45.4 Å². The molecule has 1 aliphatic heterocycles. The quantitative estimate of drug-likeness (QED) is 0.243. The van der Waals surface area contributed by atoms with Gasteiger partial charge in [-0.2, -0.15) is 4.98 Å².